The first-order valence-electron chi connectivity index (χ1n) is 24.3. The van der Waals surface area contributed by atoms with E-state index in [0.29, 0.717) is 19.4 Å². The average Bonchev–Trinajstić information content (AvgIpc) is 3.58. The van der Waals surface area contributed by atoms with E-state index in [1.54, 1.807) is 7.11 Å². The van der Waals surface area contributed by atoms with Crippen molar-refractivity contribution < 1.29 is 9.53 Å². The average molecular weight is 914 g/mol. The third kappa shape index (κ3) is 13.6. The number of rotatable bonds is 28. The summed E-state index contributed by atoms with van der Waals surface area (Å²) < 4.78 is 8.29. The minimum Gasteiger partial charge on any atom is -0.377 e. The number of benzene rings is 1. The number of hydrogen-bond donors (Lipinski definition) is 3. The number of nitrogens with one attached hydrogen (secondary N) is 2. The van der Waals surface area contributed by atoms with Crippen molar-refractivity contribution in [2.45, 2.75) is 138 Å². The van der Waals surface area contributed by atoms with Gasteiger partial charge >= 0.3 is 0 Å². The molecule has 1 fully saturated rings. The first-order chi connectivity index (χ1) is 31.9. The molecule has 1 aliphatic heterocycles. The number of hydrogen-bond acceptors (Lipinski definition) is 10. The predicted octanol–water partition coefficient (Wildman–Crippen LogP) is 10.4. The topological polar surface area (TPSA) is 116 Å². The van der Waals surface area contributed by atoms with Crippen molar-refractivity contribution in [3.05, 3.63) is 109 Å². The second kappa shape index (κ2) is 25.1. The van der Waals surface area contributed by atoms with Crippen molar-refractivity contribution in [1.82, 2.24) is 35.0 Å². The first-order valence-corrected chi connectivity index (χ1v) is 24.3. The Morgan fingerprint density at radius 1 is 1.15 bits per heavy atom. The van der Waals surface area contributed by atoms with E-state index in [-0.39, 0.29) is 35.3 Å². The third-order valence-corrected chi connectivity index (χ3v) is 13.4. The molecule has 3 unspecified atom stereocenters. The highest BCUT2D eigenvalue weighted by Gasteiger charge is 2.35. The highest BCUT2D eigenvalue weighted by atomic mass is 16.5. The van der Waals surface area contributed by atoms with Crippen LogP contribution in [0.5, 0.6) is 0 Å². The van der Waals surface area contributed by atoms with E-state index in [0.717, 1.165) is 97.2 Å². The molecule has 0 spiro atoms. The summed E-state index contributed by atoms with van der Waals surface area (Å²) in [6, 6.07) is 10.6. The first kappa shape index (κ1) is 54.2. The zero-order valence-electron chi connectivity index (χ0n) is 43.2. The molecule has 3 aromatic rings. The van der Waals surface area contributed by atoms with Gasteiger partial charge in [0.15, 0.2) is 5.78 Å². The SMILES string of the molecule is C=CCCC(C)(C)Cc1c(-c2cccnc2C(C)OC)n(CC)c2ccc(/C(=C/C)N=C(C)CC(NC(=C)C(C(C)C)N(C)C(=C)N(C)C3CN(C(=C)C#CC)C3)C(=O)CCCCNN)cc12. The van der Waals surface area contributed by atoms with E-state index in [4.69, 9.17) is 20.6 Å². The van der Waals surface area contributed by atoms with E-state index in [1.165, 1.54) is 22.2 Å². The van der Waals surface area contributed by atoms with Crippen molar-refractivity contribution in [3.8, 4) is 23.1 Å². The fourth-order valence-electron chi connectivity index (χ4n) is 9.46. The molecule has 364 valence electrons. The number of fused-ring (bicyclic) bond motifs is 1. The quantitative estimate of drug-likeness (QED) is 0.0164. The number of carbonyl (C=O) groups is 1. The number of pyridine rings is 1. The molecule has 67 heavy (non-hydrogen) atoms. The van der Waals surface area contributed by atoms with Crippen molar-refractivity contribution in [2.24, 2.45) is 22.2 Å². The Balaban J connectivity index is 1.71. The van der Waals surface area contributed by atoms with Gasteiger partial charge < -0.3 is 29.3 Å². The molecule has 4 N–H and O–H groups in total. The van der Waals surface area contributed by atoms with Gasteiger partial charge in [-0.2, -0.15) is 0 Å². The number of methoxy groups -OCH3 is 1. The van der Waals surface area contributed by atoms with Gasteiger partial charge in [-0.15, -0.1) is 6.58 Å². The van der Waals surface area contributed by atoms with Crippen LogP contribution >= 0.6 is 0 Å². The van der Waals surface area contributed by atoms with Gasteiger partial charge in [0.05, 0.1) is 52.8 Å². The highest BCUT2D eigenvalue weighted by molar-refractivity contribution is 5.97. The molecule has 4 rings (SSSR count). The second-order valence-electron chi connectivity index (χ2n) is 19.3. The van der Waals surface area contributed by atoms with Crippen LogP contribution in [0.2, 0.25) is 0 Å². The molecule has 0 radical (unpaired) electrons. The van der Waals surface area contributed by atoms with E-state index < -0.39 is 6.04 Å². The highest BCUT2D eigenvalue weighted by Crippen LogP contribution is 2.42. The van der Waals surface area contributed by atoms with Gasteiger partial charge in [0.25, 0.3) is 0 Å². The minimum absolute atomic E-state index is 0.00355. The van der Waals surface area contributed by atoms with Crippen LogP contribution in [-0.2, 0) is 22.5 Å². The predicted molar refractivity (Wildman–Crippen MR) is 283 cm³/mol. The maximum atomic E-state index is 14.2. The lowest BCUT2D eigenvalue weighted by Crippen LogP contribution is -2.59. The normalized spacial score (nSPS) is 14.8. The molecule has 0 bridgehead atoms. The molecule has 3 atom stereocenters. The zero-order valence-corrected chi connectivity index (χ0v) is 43.2. The van der Waals surface area contributed by atoms with Gasteiger partial charge in [-0.25, -0.2) is 0 Å². The molecule has 1 aromatic carbocycles. The number of aromatic nitrogens is 2. The van der Waals surface area contributed by atoms with Crippen LogP contribution in [0.3, 0.4) is 0 Å². The summed E-state index contributed by atoms with van der Waals surface area (Å²) in [5, 5.41) is 4.84. The van der Waals surface area contributed by atoms with Crippen molar-refractivity contribution >= 4 is 28.1 Å². The van der Waals surface area contributed by atoms with E-state index in [9.17, 15) is 4.79 Å². The summed E-state index contributed by atoms with van der Waals surface area (Å²) in [5.74, 6) is 12.8. The lowest BCUT2D eigenvalue weighted by Gasteiger charge is -2.49. The fraction of sp³-hybridized carbons (Fsp3) is 0.518. The lowest BCUT2D eigenvalue weighted by molar-refractivity contribution is -0.120. The van der Waals surface area contributed by atoms with Gasteiger partial charge in [0.2, 0.25) is 0 Å². The monoisotopic (exact) mass is 914 g/mol. The third-order valence-electron chi connectivity index (χ3n) is 13.4. The molecule has 11 heteroatoms. The van der Waals surface area contributed by atoms with E-state index >= 15 is 0 Å². The number of aryl methyl sites for hydroxylation is 1. The summed E-state index contributed by atoms with van der Waals surface area (Å²) in [6.45, 7) is 39.6. The zero-order chi connectivity index (χ0) is 49.6. The van der Waals surface area contributed by atoms with Crippen LogP contribution in [-0.4, -0.2) is 94.7 Å². The molecule has 0 amide bonds. The van der Waals surface area contributed by atoms with Crippen molar-refractivity contribution in [2.75, 3.05) is 40.8 Å². The largest absolute Gasteiger partial charge is 0.377 e. The van der Waals surface area contributed by atoms with Crippen LogP contribution < -0.4 is 16.6 Å². The summed E-state index contributed by atoms with van der Waals surface area (Å²) in [4.78, 5) is 30.9. The number of nitrogens with zero attached hydrogens (tertiary/aromatic N) is 6. The number of ether oxygens (including phenoxy) is 1. The molecule has 11 nitrogen and oxygen atoms in total. The second-order valence-corrected chi connectivity index (χ2v) is 19.3. The lowest BCUT2D eigenvalue weighted by atomic mass is 9.80. The van der Waals surface area contributed by atoms with Gasteiger partial charge in [-0.1, -0.05) is 77.5 Å². The number of likely N-dealkylation sites (tertiary alicyclic amines) is 1. The Bertz CT molecular complexity index is 2330. The van der Waals surface area contributed by atoms with Gasteiger partial charge in [0.1, 0.15) is 0 Å². The number of unbranched alkanes of at least 4 members (excludes halogenated alkanes) is 1. The number of aliphatic imine (C=N–C) groups is 1. The summed E-state index contributed by atoms with van der Waals surface area (Å²) >= 11 is 0. The molecule has 1 saturated heterocycles. The number of allylic oxidation sites excluding steroid dienone is 3. The Hall–Kier alpha value is -5.41. The number of nitrogens with two attached hydrogens (primary N) is 1. The number of carbonyl (C=O) groups excluding carboxylic acids is 1. The Morgan fingerprint density at radius 2 is 1.87 bits per heavy atom. The molecule has 0 aliphatic carbocycles. The van der Waals surface area contributed by atoms with Crippen molar-refractivity contribution in [3.63, 3.8) is 0 Å². The summed E-state index contributed by atoms with van der Waals surface area (Å²) in [7, 11) is 5.89. The standard InChI is InChI=1S/C56H83N9O2/c1-17-21-30-56(12,13)35-48-47-34-44(28-29-51(47)65(20-4)55(48)46-26-24-31-58-53(46)42(10)67-16)49(19-3)60-39(7)33-50(52(66)27-22-23-32-59-57)61-41(9)54(38(5)6)63(15)43(11)62(14)45-36-64(37-45)40(8)25-18-2/h17,19,24,26,28-29,31,34,38,42,45,50,54,59,61H,1,8-9,11,20-23,27,30,32-33,35-37,57H2,2-7,10,12-16H3/b49-19-,60-39?. The van der Waals surface area contributed by atoms with Crippen LogP contribution in [0, 0.1) is 23.2 Å². The van der Waals surface area contributed by atoms with Crippen LogP contribution in [0.1, 0.15) is 124 Å². The number of Topliss-reactive ketones (excluding diaryl/α,β-unsaturated/α-hetero) is 1. The summed E-state index contributed by atoms with van der Waals surface area (Å²) in [5.41, 5.74) is 12.7. The maximum absolute atomic E-state index is 14.2. The minimum atomic E-state index is -0.525. The van der Waals surface area contributed by atoms with Crippen molar-refractivity contribution in [1.29, 1.82) is 0 Å². The number of hydrazine groups is 1. The fourth-order valence-corrected chi connectivity index (χ4v) is 9.46. The van der Waals surface area contributed by atoms with E-state index in [1.807, 2.05) is 39.1 Å². The molecule has 1 aliphatic rings. The molecular formula is C56H83N9O2. The van der Waals surface area contributed by atoms with Gasteiger partial charge in [-0.05, 0) is 108 Å². The van der Waals surface area contributed by atoms with Crippen LogP contribution in [0.15, 0.2) is 97.2 Å². The van der Waals surface area contributed by atoms with Crippen LogP contribution in [0.25, 0.3) is 27.9 Å². The molecular weight excluding hydrogens is 831 g/mol. The summed E-state index contributed by atoms with van der Waals surface area (Å²) in [6.07, 6.45) is 11.0. The van der Waals surface area contributed by atoms with Crippen LogP contribution in [0.4, 0.5) is 0 Å². The Morgan fingerprint density at radius 3 is 2.48 bits per heavy atom. The Kier molecular flexibility index (Phi) is 20.3. The maximum Gasteiger partial charge on any atom is 0.155 e. The molecule has 2 aromatic heterocycles. The van der Waals surface area contributed by atoms with Gasteiger partial charge in [0, 0.05) is 99.9 Å². The van der Waals surface area contributed by atoms with E-state index in [2.05, 4.69) is 154 Å². The smallest absolute Gasteiger partial charge is 0.155 e. The molecule has 3 heterocycles. The Labute approximate surface area is 404 Å². The number of likely N-dealkylation sites (N-methyl/N-ethyl adjacent to an activating group) is 2. The molecule has 0 saturated carbocycles. The van der Waals surface area contributed by atoms with Gasteiger partial charge in [-0.3, -0.25) is 26.0 Å². The number of ketones is 1.